The third-order valence-corrected chi connectivity index (χ3v) is 2.77. The average molecular weight is 357 g/mol. The van der Waals surface area contributed by atoms with Gasteiger partial charge < -0.3 is 18.9 Å². The zero-order valence-corrected chi connectivity index (χ0v) is 14.4. The molecule has 0 saturated heterocycles. The van der Waals surface area contributed by atoms with Gasteiger partial charge in [-0.25, -0.2) is 0 Å². The molecular formula is C15H19NO9. The first kappa shape index (κ1) is 22.0. The zero-order valence-electron chi connectivity index (χ0n) is 14.4. The molecule has 0 rings (SSSR count). The molecule has 0 fully saturated rings. The Morgan fingerprint density at radius 3 is 1.72 bits per heavy atom. The first-order valence-electron chi connectivity index (χ1n) is 7.04. The van der Waals surface area contributed by atoms with E-state index in [4.69, 9.17) is 18.9 Å². The maximum absolute atomic E-state index is 11.4. The SMILES string of the molecule is CC(=O)O[C@@H]([C@@H](C=O)OC(C)=O)[C@H](OC(C)=O)[C@@](C)(C#N)OC(C)=O. The molecular weight excluding hydrogens is 338 g/mol. The van der Waals surface area contributed by atoms with Crippen molar-refractivity contribution in [1.29, 1.82) is 5.26 Å². The summed E-state index contributed by atoms with van der Waals surface area (Å²) in [5.74, 6) is -3.60. The van der Waals surface area contributed by atoms with Gasteiger partial charge in [0.2, 0.25) is 5.60 Å². The normalized spacial score (nSPS) is 16.0. The molecule has 25 heavy (non-hydrogen) atoms. The Morgan fingerprint density at radius 1 is 0.920 bits per heavy atom. The minimum atomic E-state index is -2.13. The zero-order chi connectivity index (χ0) is 19.8. The molecule has 0 amide bonds. The van der Waals surface area contributed by atoms with E-state index in [9.17, 15) is 29.2 Å². The van der Waals surface area contributed by atoms with Crippen molar-refractivity contribution in [2.45, 2.75) is 58.5 Å². The van der Waals surface area contributed by atoms with Gasteiger partial charge in [-0.15, -0.1) is 0 Å². The maximum Gasteiger partial charge on any atom is 0.304 e. The van der Waals surface area contributed by atoms with Crippen LogP contribution in [0.1, 0.15) is 34.6 Å². The number of carbonyl (C=O) groups excluding carboxylic acids is 5. The van der Waals surface area contributed by atoms with Gasteiger partial charge in [-0.2, -0.15) is 5.26 Å². The standard InChI is InChI=1S/C15H19NO9/c1-8(18)22-12(6-17)13(23-9(2)19)14(24-10(3)20)15(5,7-16)25-11(4)21/h6,12-14H,1-5H3/t12-,13+,14+,15-/m1/s1. The van der Waals surface area contributed by atoms with Crippen molar-refractivity contribution in [3.63, 3.8) is 0 Å². The van der Waals surface area contributed by atoms with Crippen LogP contribution >= 0.6 is 0 Å². The quantitative estimate of drug-likeness (QED) is 0.326. The van der Waals surface area contributed by atoms with E-state index in [1.54, 1.807) is 6.07 Å². The molecule has 0 N–H and O–H groups in total. The summed E-state index contributed by atoms with van der Waals surface area (Å²) in [5, 5.41) is 9.38. The van der Waals surface area contributed by atoms with Crippen molar-refractivity contribution in [2.24, 2.45) is 0 Å². The van der Waals surface area contributed by atoms with Gasteiger partial charge in [0, 0.05) is 27.7 Å². The Bertz CT molecular complexity index is 594. The summed E-state index contributed by atoms with van der Waals surface area (Å²) in [6.45, 7) is 5.07. The minimum Gasteiger partial charge on any atom is -0.454 e. The molecule has 138 valence electrons. The van der Waals surface area contributed by atoms with Crippen molar-refractivity contribution in [2.75, 3.05) is 0 Å². The van der Waals surface area contributed by atoms with Gasteiger partial charge in [0.05, 0.1) is 0 Å². The molecule has 0 unspecified atom stereocenters. The fourth-order valence-corrected chi connectivity index (χ4v) is 1.97. The van der Waals surface area contributed by atoms with Crippen LogP contribution in [0.15, 0.2) is 0 Å². The fraction of sp³-hybridized carbons (Fsp3) is 0.600. The summed E-state index contributed by atoms with van der Waals surface area (Å²) in [4.78, 5) is 56.5. The van der Waals surface area contributed by atoms with Crippen molar-refractivity contribution in [3.05, 3.63) is 0 Å². The molecule has 0 aliphatic rings. The number of nitriles is 1. The molecule has 4 atom stereocenters. The van der Waals surface area contributed by atoms with Crippen LogP contribution in [0.3, 0.4) is 0 Å². The highest BCUT2D eigenvalue weighted by Crippen LogP contribution is 2.26. The summed E-state index contributed by atoms with van der Waals surface area (Å²) < 4.78 is 19.5. The summed E-state index contributed by atoms with van der Waals surface area (Å²) >= 11 is 0. The van der Waals surface area contributed by atoms with Crippen LogP contribution < -0.4 is 0 Å². The predicted octanol–water partition coefficient (Wildman–Crippen LogP) is -0.174. The molecule has 0 aliphatic carbocycles. The van der Waals surface area contributed by atoms with E-state index in [0.29, 0.717) is 0 Å². The monoisotopic (exact) mass is 357 g/mol. The van der Waals surface area contributed by atoms with E-state index in [1.165, 1.54) is 0 Å². The topological polar surface area (TPSA) is 146 Å². The lowest BCUT2D eigenvalue weighted by Crippen LogP contribution is -2.57. The third kappa shape index (κ3) is 6.99. The number of hydrogen-bond donors (Lipinski definition) is 0. The molecule has 10 nitrogen and oxygen atoms in total. The van der Waals surface area contributed by atoms with Crippen LogP contribution in [0.25, 0.3) is 0 Å². The largest absolute Gasteiger partial charge is 0.454 e. The van der Waals surface area contributed by atoms with Crippen LogP contribution in [0.4, 0.5) is 0 Å². The van der Waals surface area contributed by atoms with Crippen LogP contribution in [0, 0.1) is 11.3 Å². The Hall–Kier alpha value is -2.96. The second kappa shape index (κ2) is 9.36. The minimum absolute atomic E-state index is 0.136. The lowest BCUT2D eigenvalue weighted by atomic mass is 9.92. The number of nitrogens with zero attached hydrogens (tertiary/aromatic N) is 1. The second-order valence-electron chi connectivity index (χ2n) is 5.13. The highest BCUT2D eigenvalue weighted by molar-refractivity contribution is 5.72. The molecule has 0 saturated carbocycles. The number of rotatable bonds is 8. The third-order valence-electron chi connectivity index (χ3n) is 2.77. The number of hydrogen-bond acceptors (Lipinski definition) is 10. The van der Waals surface area contributed by atoms with Crippen LogP contribution in [-0.4, -0.2) is 54.1 Å². The molecule has 0 spiro atoms. The van der Waals surface area contributed by atoms with E-state index in [1.807, 2.05) is 0 Å². The molecule has 0 bridgehead atoms. The molecule has 0 aromatic heterocycles. The fourth-order valence-electron chi connectivity index (χ4n) is 1.97. The summed E-state index contributed by atoms with van der Waals surface area (Å²) in [6.07, 6.45) is -5.02. The van der Waals surface area contributed by atoms with Gasteiger partial charge in [0.25, 0.3) is 0 Å². The highest BCUT2D eigenvalue weighted by Gasteiger charge is 2.51. The predicted molar refractivity (Wildman–Crippen MR) is 78.5 cm³/mol. The van der Waals surface area contributed by atoms with Gasteiger partial charge in [-0.05, 0) is 6.92 Å². The van der Waals surface area contributed by atoms with E-state index < -0.39 is 47.8 Å². The van der Waals surface area contributed by atoms with Crippen molar-refractivity contribution >= 4 is 30.2 Å². The Labute approximate surface area is 144 Å². The number of ether oxygens (including phenoxy) is 4. The van der Waals surface area contributed by atoms with Crippen molar-refractivity contribution < 1.29 is 42.9 Å². The summed E-state index contributed by atoms with van der Waals surface area (Å²) in [5.41, 5.74) is -2.13. The van der Waals surface area contributed by atoms with Crippen LogP contribution in [0.5, 0.6) is 0 Å². The molecule has 0 aliphatic heterocycles. The van der Waals surface area contributed by atoms with Gasteiger partial charge in [0.15, 0.2) is 24.6 Å². The van der Waals surface area contributed by atoms with E-state index in [2.05, 4.69) is 0 Å². The molecule has 0 aromatic carbocycles. The van der Waals surface area contributed by atoms with E-state index >= 15 is 0 Å². The average Bonchev–Trinajstić information content (AvgIpc) is 2.46. The van der Waals surface area contributed by atoms with Crippen LogP contribution in [0.2, 0.25) is 0 Å². The van der Waals surface area contributed by atoms with Crippen LogP contribution in [-0.2, 0) is 42.9 Å². The Kier molecular flexibility index (Phi) is 8.25. The highest BCUT2D eigenvalue weighted by atomic mass is 16.6. The Balaban J connectivity index is 6.14. The Morgan fingerprint density at radius 2 is 1.40 bits per heavy atom. The lowest BCUT2D eigenvalue weighted by Gasteiger charge is -2.36. The number of esters is 4. The van der Waals surface area contributed by atoms with E-state index in [0.717, 1.165) is 34.6 Å². The molecule has 0 heterocycles. The first-order valence-corrected chi connectivity index (χ1v) is 7.04. The number of aldehydes is 1. The van der Waals surface area contributed by atoms with Crippen molar-refractivity contribution in [3.8, 4) is 6.07 Å². The molecule has 10 heteroatoms. The summed E-state index contributed by atoms with van der Waals surface area (Å²) in [7, 11) is 0. The lowest BCUT2D eigenvalue weighted by molar-refractivity contribution is -0.203. The second-order valence-corrected chi connectivity index (χ2v) is 5.13. The van der Waals surface area contributed by atoms with Gasteiger partial charge in [-0.1, -0.05) is 0 Å². The van der Waals surface area contributed by atoms with Gasteiger partial charge >= 0.3 is 23.9 Å². The number of carbonyl (C=O) groups is 5. The van der Waals surface area contributed by atoms with Gasteiger partial charge in [-0.3, -0.25) is 24.0 Å². The smallest absolute Gasteiger partial charge is 0.304 e. The van der Waals surface area contributed by atoms with Crippen molar-refractivity contribution in [1.82, 2.24) is 0 Å². The maximum atomic E-state index is 11.4. The molecule has 0 aromatic rings. The van der Waals surface area contributed by atoms with Gasteiger partial charge in [0.1, 0.15) is 6.07 Å². The first-order chi connectivity index (χ1) is 11.5. The summed E-state index contributed by atoms with van der Waals surface area (Å²) in [6, 6.07) is 1.63. The molecule has 0 radical (unpaired) electrons. The van der Waals surface area contributed by atoms with E-state index in [-0.39, 0.29) is 6.29 Å².